The number of urea groups is 1. The highest BCUT2D eigenvalue weighted by molar-refractivity contribution is 6.31. The van der Waals surface area contributed by atoms with Crippen molar-refractivity contribution in [2.45, 2.75) is 53.5 Å². The lowest BCUT2D eigenvalue weighted by atomic mass is 9.76. The second-order valence-corrected chi connectivity index (χ2v) is 9.59. The van der Waals surface area contributed by atoms with Crippen LogP contribution < -0.4 is 16.0 Å². The number of benzene rings is 2. The molecule has 35 heavy (non-hydrogen) atoms. The molecule has 186 valence electrons. The summed E-state index contributed by atoms with van der Waals surface area (Å²) in [5.41, 5.74) is 3.93. The molecule has 7 nitrogen and oxygen atoms in total. The third-order valence-corrected chi connectivity index (χ3v) is 7.22. The number of piperidine rings is 1. The second kappa shape index (κ2) is 11.5. The van der Waals surface area contributed by atoms with E-state index in [4.69, 9.17) is 11.6 Å². The Morgan fingerprint density at radius 1 is 1.14 bits per heavy atom. The number of Topliss-reactive ketones (excluding diaryl/α,β-unsaturated/α-hetero) is 1. The lowest BCUT2D eigenvalue weighted by Crippen LogP contribution is -2.45. The zero-order valence-electron chi connectivity index (χ0n) is 20.5. The minimum atomic E-state index is -0.375. The van der Waals surface area contributed by atoms with Crippen molar-refractivity contribution in [2.24, 2.45) is 17.8 Å². The molecular weight excluding hydrogens is 466 g/mol. The highest BCUT2D eigenvalue weighted by Crippen LogP contribution is 2.30. The van der Waals surface area contributed by atoms with Gasteiger partial charge in [-0.3, -0.25) is 19.7 Å². The maximum absolute atomic E-state index is 13.3. The van der Waals surface area contributed by atoms with E-state index < -0.39 is 0 Å². The fourth-order valence-corrected chi connectivity index (χ4v) is 4.54. The molecule has 2 aromatic rings. The molecule has 1 heterocycles. The van der Waals surface area contributed by atoms with Crippen LogP contribution >= 0.6 is 11.6 Å². The van der Waals surface area contributed by atoms with Crippen molar-refractivity contribution >= 4 is 40.9 Å². The van der Waals surface area contributed by atoms with Crippen LogP contribution in [-0.4, -0.2) is 23.6 Å². The first-order chi connectivity index (χ1) is 16.6. The van der Waals surface area contributed by atoms with E-state index in [1.807, 2.05) is 45.9 Å². The monoisotopic (exact) mass is 497 g/mol. The van der Waals surface area contributed by atoms with E-state index in [9.17, 15) is 19.2 Å². The van der Waals surface area contributed by atoms with Gasteiger partial charge in [0.2, 0.25) is 11.8 Å². The zero-order valence-corrected chi connectivity index (χ0v) is 21.3. The molecule has 1 saturated heterocycles. The number of amides is 4. The van der Waals surface area contributed by atoms with Crippen LogP contribution in [0.1, 0.15) is 60.7 Å². The summed E-state index contributed by atoms with van der Waals surface area (Å²) in [6.45, 7) is 7.91. The fraction of sp³-hybridized carbons (Fsp3) is 0.407. The average molecular weight is 498 g/mol. The van der Waals surface area contributed by atoms with Crippen molar-refractivity contribution in [2.75, 3.05) is 5.32 Å². The van der Waals surface area contributed by atoms with Crippen LogP contribution in [0.2, 0.25) is 5.02 Å². The third-order valence-electron chi connectivity index (χ3n) is 6.82. The van der Waals surface area contributed by atoms with Gasteiger partial charge in [0.25, 0.3) is 0 Å². The number of imide groups is 1. The van der Waals surface area contributed by atoms with Crippen molar-refractivity contribution in [1.29, 1.82) is 0 Å². The van der Waals surface area contributed by atoms with Crippen LogP contribution in [0.4, 0.5) is 10.5 Å². The molecule has 0 aliphatic carbocycles. The van der Waals surface area contributed by atoms with Crippen molar-refractivity contribution < 1.29 is 19.2 Å². The standard InChI is InChI=1S/C27H32ClN3O4/c1-5-19-12-18(14-29-27(35)30-20-8-6-15(2)23(28)13-20)7-9-22(19)25(33)17(4)16(3)21-10-11-24(32)31-26(21)34/h6-9,12-13,16-17,21H,5,10-11,14H2,1-4H3,(H2,29,30,35)(H,31,32,34). The fourth-order valence-electron chi connectivity index (χ4n) is 4.36. The minimum Gasteiger partial charge on any atom is -0.334 e. The first kappa shape index (κ1) is 26.4. The molecule has 2 aromatic carbocycles. The van der Waals surface area contributed by atoms with Gasteiger partial charge in [-0.2, -0.15) is 0 Å². The second-order valence-electron chi connectivity index (χ2n) is 9.19. The van der Waals surface area contributed by atoms with E-state index in [1.54, 1.807) is 18.2 Å². The van der Waals surface area contributed by atoms with E-state index in [1.165, 1.54) is 0 Å². The van der Waals surface area contributed by atoms with Crippen LogP contribution in [0.3, 0.4) is 0 Å². The zero-order chi connectivity index (χ0) is 25.7. The smallest absolute Gasteiger partial charge is 0.319 e. The summed E-state index contributed by atoms with van der Waals surface area (Å²) in [7, 11) is 0. The predicted molar refractivity (Wildman–Crippen MR) is 136 cm³/mol. The highest BCUT2D eigenvalue weighted by Gasteiger charge is 2.36. The summed E-state index contributed by atoms with van der Waals surface area (Å²) in [6.07, 6.45) is 1.42. The van der Waals surface area contributed by atoms with Gasteiger partial charge in [-0.15, -0.1) is 0 Å². The minimum absolute atomic E-state index is 0.0208. The molecule has 1 aliphatic rings. The molecule has 0 aromatic heterocycles. The number of nitrogens with one attached hydrogen (secondary N) is 3. The Balaban J connectivity index is 1.64. The van der Waals surface area contributed by atoms with Crippen LogP contribution in [0.15, 0.2) is 36.4 Å². The first-order valence-electron chi connectivity index (χ1n) is 11.9. The molecule has 4 amide bonds. The van der Waals surface area contributed by atoms with E-state index in [0.29, 0.717) is 42.1 Å². The molecule has 3 unspecified atom stereocenters. The molecule has 1 fully saturated rings. The molecule has 0 radical (unpaired) electrons. The maximum Gasteiger partial charge on any atom is 0.319 e. The van der Waals surface area contributed by atoms with Gasteiger partial charge in [0.1, 0.15) is 0 Å². The van der Waals surface area contributed by atoms with E-state index in [0.717, 1.165) is 16.7 Å². The van der Waals surface area contributed by atoms with Gasteiger partial charge in [-0.05, 0) is 54.5 Å². The molecule has 0 spiro atoms. The Bertz CT molecular complexity index is 1150. The topological polar surface area (TPSA) is 104 Å². The number of hydrogen-bond acceptors (Lipinski definition) is 4. The first-order valence-corrected chi connectivity index (χ1v) is 12.3. The summed E-state index contributed by atoms with van der Waals surface area (Å²) in [4.78, 5) is 49.3. The van der Waals surface area contributed by atoms with Gasteiger partial charge < -0.3 is 10.6 Å². The Morgan fingerprint density at radius 3 is 2.54 bits per heavy atom. The lowest BCUT2D eigenvalue weighted by molar-refractivity contribution is -0.137. The Hall–Kier alpha value is -3.19. The molecule has 1 aliphatic heterocycles. The quantitative estimate of drug-likeness (QED) is 0.351. The van der Waals surface area contributed by atoms with E-state index in [2.05, 4.69) is 16.0 Å². The molecular formula is C27H32ClN3O4. The number of anilines is 1. The lowest BCUT2D eigenvalue weighted by Gasteiger charge is -2.30. The molecule has 0 saturated carbocycles. The number of rotatable bonds is 8. The van der Waals surface area contributed by atoms with Crippen molar-refractivity contribution in [3.8, 4) is 0 Å². The molecule has 0 bridgehead atoms. The summed E-state index contributed by atoms with van der Waals surface area (Å²) < 4.78 is 0. The van der Waals surface area contributed by atoms with Gasteiger partial charge in [-0.1, -0.05) is 56.6 Å². The largest absolute Gasteiger partial charge is 0.334 e. The van der Waals surface area contributed by atoms with Gasteiger partial charge in [-0.25, -0.2) is 4.79 Å². The highest BCUT2D eigenvalue weighted by atomic mass is 35.5. The van der Waals surface area contributed by atoms with E-state index >= 15 is 0 Å². The summed E-state index contributed by atoms with van der Waals surface area (Å²) in [5, 5.41) is 8.55. The van der Waals surface area contributed by atoms with Gasteiger partial charge in [0.05, 0.1) is 0 Å². The maximum atomic E-state index is 13.3. The van der Waals surface area contributed by atoms with Crippen LogP contribution in [0.5, 0.6) is 0 Å². The number of ketones is 1. The van der Waals surface area contributed by atoms with Gasteiger partial charge >= 0.3 is 6.03 Å². The van der Waals surface area contributed by atoms with Crippen molar-refractivity contribution in [3.63, 3.8) is 0 Å². The number of aryl methyl sites for hydroxylation is 2. The van der Waals surface area contributed by atoms with E-state index in [-0.39, 0.29) is 41.4 Å². The summed E-state index contributed by atoms with van der Waals surface area (Å²) in [6, 6.07) is 10.5. The number of carbonyl (C=O) groups is 4. The molecule has 3 rings (SSSR count). The summed E-state index contributed by atoms with van der Waals surface area (Å²) >= 11 is 6.11. The van der Waals surface area contributed by atoms with Crippen LogP contribution in [-0.2, 0) is 22.6 Å². The average Bonchev–Trinajstić information content (AvgIpc) is 2.83. The van der Waals surface area contributed by atoms with Crippen LogP contribution in [0.25, 0.3) is 0 Å². The number of hydrogen-bond donors (Lipinski definition) is 3. The molecule has 8 heteroatoms. The van der Waals surface area contributed by atoms with Crippen LogP contribution in [0, 0.1) is 24.7 Å². The number of carbonyl (C=O) groups excluding carboxylic acids is 4. The third kappa shape index (κ3) is 6.48. The SMILES string of the molecule is CCc1cc(CNC(=O)Nc2ccc(C)c(Cl)c2)ccc1C(=O)C(C)C(C)C1CCC(=O)NC1=O. The van der Waals surface area contributed by atoms with Gasteiger partial charge in [0.15, 0.2) is 5.78 Å². The molecule has 3 N–H and O–H groups in total. The normalized spacial score (nSPS) is 17.3. The Labute approximate surface area is 211 Å². The van der Waals surface area contributed by atoms with Crippen molar-refractivity contribution in [3.05, 3.63) is 63.7 Å². The predicted octanol–water partition coefficient (Wildman–Crippen LogP) is 5.04. The van der Waals surface area contributed by atoms with Crippen molar-refractivity contribution in [1.82, 2.24) is 10.6 Å². The van der Waals surface area contributed by atoms with Gasteiger partial charge in [0, 0.05) is 41.1 Å². The molecule has 3 atom stereocenters. The summed E-state index contributed by atoms with van der Waals surface area (Å²) in [5.74, 6) is -1.50. The number of halogens is 1. The Morgan fingerprint density at radius 2 is 1.89 bits per heavy atom. The Kier molecular flexibility index (Phi) is 8.67.